The molecule has 72 valence electrons. The zero-order valence-electron chi connectivity index (χ0n) is 7.99. The van der Waals surface area contributed by atoms with Crippen molar-refractivity contribution in [3.05, 3.63) is 0 Å². The van der Waals surface area contributed by atoms with Crippen LogP contribution in [0.2, 0.25) is 0 Å². The van der Waals surface area contributed by atoms with Gasteiger partial charge in [0.05, 0.1) is 19.3 Å². The molecule has 0 amide bonds. The van der Waals surface area contributed by atoms with Crippen LogP contribution in [0, 0.1) is 0 Å². The normalized spacial score (nSPS) is 27.5. The molecule has 0 spiro atoms. The van der Waals surface area contributed by atoms with Gasteiger partial charge >= 0.3 is 0 Å². The summed E-state index contributed by atoms with van der Waals surface area (Å²) in [6.45, 7) is 7.08. The number of ether oxygens (including phenoxy) is 1. The van der Waals surface area contributed by atoms with Crippen LogP contribution in [-0.2, 0) is 4.74 Å². The molecule has 1 atom stereocenters. The minimum Gasteiger partial charge on any atom is -0.395 e. The van der Waals surface area contributed by atoms with Crippen LogP contribution in [0.4, 0.5) is 0 Å². The fourth-order valence-corrected chi connectivity index (χ4v) is 1.68. The number of rotatable bonds is 2. The van der Waals surface area contributed by atoms with Gasteiger partial charge < -0.3 is 9.84 Å². The largest absolute Gasteiger partial charge is 0.395 e. The van der Waals surface area contributed by atoms with Crippen molar-refractivity contribution in [2.75, 3.05) is 26.4 Å². The minimum atomic E-state index is 0.201. The van der Waals surface area contributed by atoms with Crippen molar-refractivity contribution < 1.29 is 9.84 Å². The van der Waals surface area contributed by atoms with Crippen LogP contribution in [0.5, 0.6) is 0 Å². The third kappa shape index (κ3) is 2.44. The lowest BCUT2D eigenvalue weighted by Crippen LogP contribution is -2.44. The highest BCUT2D eigenvalue weighted by molar-refractivity contribution is 4.75. The van der Waals surface area contributed by atoms with E-state index in [9.17, 15) is 0 Å². The van der Waals surface area contributed by atoms with E-state index in [4.69, 9.17) is 9.84 Å². The van der Waals surface area contributed by atoms with Crippen molar-refractivity contribution in [2.24, 2.45) is 0 Å². The first-order chi connectivity index (χ1) is 5.75. The van der Waals surface area contributed by atoms with E-state index < -0.39 is 0 Å². The highest BCUT2D eigenvalue weighted by Crippen LogP contribution is 2.10. The van der Waals surface area contributed by atoms with Crippen LogP contribution < -0.4 is 0 Å². The van der Waals surface area contributed by atoms with E-state index in [2.05, 4.69) is 18.7 Å². The van der Waals surface area contributed by atoms with Gasteiger partial charge in [-0.3, -0.25) is 4.90 Å². The van der Waals surface area contributed by atoms with Gasteiger partial charge in [-0.05, 0) is 20.3 Å². The maximum Gasteiger partial charge on any atom is 0.0644 e. The Bertz CT molecular complexity index is 128. The summed E-state index contributed by atoms with van der Waals surface area (Å²) < 4.78 is 5.38. The standard InChI is InChI=1S/C9H19NO2/c1-8(2)10-4-3-5-12-7-9(10)6-11/h8-9,11H,3-7H2,1-2H3/t9-/m1/s1. The van der Waals surface area contributed by atoms with Crippen LogP contribution in [0.3, 0.4) is 0 Å². The molecule has 0 radical (unpaired) electrons. The van der Waals surface area contributed by atoms with Crippen LogP contribution in [0.15, 0.2) is 0 Å². The van der Waals surface area contributed by atoms with Gasteiger partial charge in [0.2, 0.25) is 0 Å². The van der Waals surface area contributed by atoms with Gasteiger partial charge in [-0.25, -0.2) is 0 Å². The Balaban J connectivity index is 2.51. The molecule has 1 heterocycles. The molecule has 1 aliphatic rings. The van der Waals surface area contributed by atoms with Crippen molar-refractivity contribution in [1.82, 2.24) is 4.90 Å². The average Bonchev–Trinajstić information content (AvgIpc) is 2.27. The predicted molar refractivity (Wildman–Crippen MR) is 48.2 cm³/mol. The molecule has 12 heavy (non-hydrogen) atoms. The molecule has 0 saturated carbocycles. The summed E-state index contributed by atoms with van der Waals surface area (Å²) in [4.78, 5) is 2.31. The summed E-state index contributed by atoms with van der Waals surface area (Å²) >= 11 is 0. The quantitative estimate of drug-likeness (QED) is 0.659. The van der Waals surface area contributed by atoms with E-state index in [1.165, 1.54) is 0 Å². The number of aliphatic hydroxyl groups excluding tert-OH is 1. The lowest BCUT2D eigenvalue weighted by Gasteiger charge is -2.31. The first-order valence-electron chi connectivity index (χ1n) is 4.70. The lowest BCUT2D eigenvalue weighted by atomic mass is 10.2. The SMILES string of the molecule is CC(C)N1CCCOC[C@H]1CO. The highest BCUT2D eigenvalue weighted by Gasteiger charge is 2.22. The zero-order chi connectivity index (χ0) is 8.97. The van der Waals surface area contributed by atoms with Gasteiger partial charge in [0.15, 0.2) is 0 Å². The van der Waals surface area contributed by atoms with E-state index in [0.29, 0.717) is 12.6 Å². The Morgan fingerprint density at radius 2 is 2.33 bits per heavy atom. The second-order valence-corrected chi connectivity index (χ2v) is 3.60. The van der Waals surface area contributed by atoms with E-state index >= 15 is 0 Å². The average molecular weight is 173 g/mol. The summed E-state index contributed by atoms with van der Waals surface area (Å²) in [6, 6.07) is 0.705. The molecular weight excluding hydrogens is 154 g/mol. The molecule has 0 aliphatic carbocycles. The number of hydrogen-bond donors (Lipinski definition) is 1. The lowest BCUT2D eigenvalue weighted by molar-refractivity contribution is 0.0515. The molecule has 0 bridgehead atoms. The van der Waals surface area contributed by atoms with Gasteiger partial charge in [-0.1, -0.05) is 0 Å². The molecule has 1 rings (SSSR count). The van der Waals surface area contributed by atoms with Crippen molar-refractivity contribution in [2.45, 2.75) is 32.4 Å². The smallest absolute Gasteiger partial charge is 0.0644 e. The zero-order valence-corrected chi connectivity index (χ0v) is 7.99. The molecule has 0 aromatic heterocycles. The van der Waals surface area contributed by atoms with E-state index in [-0.39, 0.29) is 12.6 Å². The second-order valence-electron chi connectivity index (χ2n) is 3.60. The Hall–Kier alpha value is -0.120. The topological polar surface area (TPSA) is 32.7 Å². The van der Waals surface area contributed by atoms with Gasteiger partial charge in [-0.2, -0.15) is 0 Å². The highest BCUT2D eigenvalue weighted by atomic mass is 16.5. The monoisotopic (exact) mass is 173 g/mol. The second kappa shape index (κ2) is 4.80. The molecular formula is C9H19NO2. The predicted octanol–water partition coefficient (Wildman–Crippen LogP) is 0.478. The van der Waals surface area contributed by atoms with Gasteiger partial charge in [0.25, 0.3) is 0 Å². The Labute approximate surface area is 74.3 Å². The maximum absolute atomic E-state index is 9.11. The van der Waals surface area contributed by atoms with E-state index in [0.717, 1.165) is 19.6 Å². The first-order valence-corrected chi connectivity index (χ1v) is 4.70. The summed E-state index contributed by atoms with van der Waals surface area (Å²) in [7, 11) is 0. The Morgan fingerprint density at radius 3 is 2.92 bits per heavy atom. The van der Waals surface area contributed by atoms with Gasteiger partial charge in [0.1, 0.15) is 0 Å². The van der Waals surface area contributed by atoms with Crippen LogP contribution in [0.1, 0.15) is 20.3 Å². The molecule has 3 heteroatoms. The summed E-state index contributed by atoms with van der Waals surface area (Å²) in [6.07, 6.45) is 1.08. The Kier molecular flexibility index (Phi) is 3.98. The van der Waals surface area contributed by atoms with Crippen LogP contribution >= 0.6 is 0 Å². The molecule has 0 aromatic carbocycles. The summed E-state index contributed by atoms with van der Waals surface area (Å²) in [5, 5.41) is 9.11. The van der Waals surface area contributed by atoms with Gasteiger partial charge in [-0.15, -0.1) is 0 Å². The van der Waals surface area contributed by atoms with Crippen molar-refractivity contribution in [3.63, 3.8) is 0 Å². The maximum atomic E-state index is 9.11. The molecule has 1 saturated heterocycles. The fraction of sp³-hybridized carbons (Fsp3) is 1.00. The minimum absolute atomic E-state index is 0.201. The van der Waals surface area contributed by atoms with Crippen molar-refractivity contribution in [3.8, 4) is 0 Å². The third-order valence-electron chi connectivity index (χ3n) is 2.36. The van der Waals surface area contributed by atoms with Crippen LogP contribution in [-0.4, -0.2) is 48.5 Å². The summed E-state index contributed by atoms with van der Waals surface area (Å²) in [5.74, 6) is 0. The molecule has 1 N–H and O–H groups in total. The summed E-state index contributed by atoms with van der Waals surface area (Å²) in [5.41, 5.74) is 0. The third-order valence-corrected chi connectivity index (χ3v) is 2.36. The van der Waals surface area contributed by atoms with E-state index in [1.54, 1.807) is 0 Å². The molecule has 1 fully saturated rings. The Morgan fingerprint density at radius 1 is 1.58 bits per heavy atom. The molecule has 0 unspecified atom stereocenters. The fourth-order valence-electron chi connectivity index (χ4n) is 1.68. The molecule has 0 aromatic rings. The first kappa shape index (κ1) is 9.96. The van der Waals surface area contributed by atoms with Crippen LogP contribution in [0.25, 0.3) is 0 Å². The van der Waals surface area contributed by atoms with Crippen molar-refractivity contribution >= 4 is 0 Å². The van der Waals surface area contributed by atoms with E-state index in [1.807, 2.05) is 0 Å². The van der Waals surface area contributed by atoms with Crippen molar-refractivity contribution in [1.29, 1.82) is 0 Å². The number of hydrogen-bond acceptors (Lipinski definition) is 3. The molecule has 3 nitrogen and oxygen atoms in total. The van der Waals surface area contributed by atoms with Gasteiger partial charge in [0, 0.05) is 19.2 Å². The number of nitrogens with zero attached hydrogens (tertiary/aromatic N) is 1. The number of aliphatic hydroxyl groups is 1. The molecule has 1 aliphatic heterocycles.